The van der Waals surface area contributed by atoms with E-state index in [1.54, 1.807) is 17.0 Å². The average molecular weight is 315 g/mol. The van der Waals surface area contributed by atoms with E-state index in [4.69, 9.17) is 16.3 Å². The van der Waals surface area contributed by atoms with E-state index in [0.29, 0.717) is 30.2 Å². The fourth-order valence-corrected chi connectivity index (χ4v) is 2.16. The van der Waals surface area contributed by atoms with Gasteiger partial charge < -0.3 is 15.0 Å². The molecule has 0 radical (unpaired) electrons. The maximum Gasteiger partial charge on any atom is 0.410 e. The Morgan fingerprint density at radius 2 is 2.14 bits per heavy atom. The molecule has 1 aliphatic heterocycles. The monoisotopic (exact) mass is 314 g/mol. The van der Waals surface area contributed by atoms with E-state index in [1.807, 2.05) is 20.8 Å². The highest BCUT2D eigenvalue weighted by atomic mass is 35.5. The molecule has 0 bridgehead atoms. The summed E-state index contributed by atoms with van der Waals surface area (Å²) in [7, 11) is 0. The summed E-state index contributed by atoms with van der Waals surface area (Å²) in [5.74, 6) is -0.321. The molecule has 1 aliphatic rings. The SMILES string of the molecule is CC(C)(C)OC(=O)N1CC(NCc2ccc(Cl)cc2F)C1. The van der Waals surface area contributed by atoms with Gasteiger partial charge in [-0.1, -0.05) is 17.7 Å². The van der Waals surface area contributed by atoms with Gasteiger partial charge in [0.05, 0.1) is 0 Å². The molecule has 1 aromatic rings. The van der Waals surface area contributed by atoms with Crippen molar-refractivity contribution in [2.45, 2.75) is 39.0 Å². The Morgan fingerprint density at radius 1 is 1.48 bits per heavy atom. The molecule has 0 atom stereocenters. The molecule has 116 valence electrons. The number of halogens is 2. The molecule has 1 N–H and O–H groups in total. The van der Waals surface area contributed by atoms with Crippen molar-refractivity contribution in [1.29, 1.82) is 0 Å². The first-order valence-electron chi connectivity index (χ1n) is 6.90. The van der Waals surface area contributed by atoms with E-state index in [1.165, 1.54) is 6.07 Å². The van der Waals surface area contributed by atoms with Crippen LogP contribution in [0.5, 0.6) is 0 Å². The minimum absolute atomic E-state index is 0.160. The first-order valence-corrected chi connectivity index (χ1v) is 7.27. The zero-order chi connectivity index (χ0) is 15.6. The molecule has 4 nitrogen and oxygen atoms in total. The number of rotatable bonds is 3. The van der Waals surface area contributed by atoms with Crippen LogP contribution in [-0.4, -0.2) is 35.7 Å². The predicted octanol–water partition coefficient (Wildman–Crippen LogP) is 3.19. The smallest absolute Gasteiger partial charge is 0.410 e. The minimum atomic E-state index is -0.484. The third-order valence-corrected chi connectivity index (χ3v) is 3.36. The van der Waals surface area contributed by atoms with E-state index in [9.17, 15) is 9.18 Å². The third-order valence-electron chi connectivity index (χ3n) is 3.13. The lowest BCUT2D eigenvalue weighted by molar-refractivity contribution is 0.00515. The number of likely N-dealkylation sites (tertiary alicyclic amines) is 1. The summed E-state index contributed by atoms with van der Waals surface area (Å²) in [6, 6.07) is 4.78. The molecule has 0 unspecified atom stereocenters. The standard InChI is InChI=1S/C15H20ClFN2O2/c1-15(2,3)21-14(20)19-8-12(9-19)18-7-10-4-5-11(16)6-13(10)17/h4-6,12,18H,7-9H2,1-3H3. The molecule has 1 saturated heterocycles. The number of amides is 1. The molecule has 6 heteroatoms. The summed E-state index contributed by atoms with van der Waals surface area (Å²) in [4.78, 5) is 13.4. The fraction of sp³-hybridized carbons (Fsp3) is 0.533. The number of carbonyl (C=O) groups excluding carboxylic acids is 1. The van der Waals surface area contributed by atoms with Gasteiger partial charge in [0.25, 0.3) is 0 Å². The number of ether oxygens (including phenoxy) is 1. The predicted molar refractivity (Wildman–Crippen MR) is 79.8 cm³/mol. The van der Waals surface area contributed by atoms with Crippen LogP contribution in [0.25, 0.3) is 0 Å². The molecule has 0 saturated carbocycles. The number of nitrogens with one attached hydrogen (secondary N) is 1. The normalized spacial score (nSPS) is 15.8. The van der Waals surface area contributed by atoms with Crippen LogP contribution in [0.1, 0.15) is 26.3 Å². The molecular formula is C15H20ClFN2O2. The summed E-state index contributed by atoms with van der Waals surface area (Å²) < 4.78 is 18.9. The minimum Gasteiger partial charge on any atom is -0.444 e. The third kappa shape index (κ3) is 4.58. The Morgan fingerprint density at radius 3 is 2.71 bits per heavy atom. The molecule has 0 aromatic heterocycles. The first-order chi connectivity index (χ1) is 9.74. The van der Waals surface area contributed by atoms with Crippen LogP contribution in [0.15, 0.2) is 18.2 Å². The summed E-state index contributed by atoms with van der Waals surface area (Å²) in [6.45, 7) is 7.07. The van der Waals surface area contributed by atoms with E-state index in [2.05, 4.69) is 5.32 Å². The van der Waals surface area contributed by atoms with Crippen LogP contribution in [0.2, 0.25) is 5.02 Å². The maximum atomic E-state index is 13.6. The van der Waals surface area contributed by atoms with Gasteiger partial charge >= 0.3 is 6.09 Å². The molecule has 21 heavy (non-hydrogen) atoms. The van der Waals surface area contributed by atoms with E-state index < -0.39 is 5.60 Å². The van der Waals surface area contributed by atoms with Crippen LogP contribution in [0.3, 0.4) is 0 Å². The molecule has 1 amide bonds. The van der Waals surface area contributed by atoms with Gasteiger partial charge in [-0.3, -0.25) is 0 Å². The molecule has 1 fully saturated rings. The Labute approximate surface area is 129 Å². The van der Waals surface area contributed by atoms with E-state index in [0.717, 1.165) is 0 Å². The quantitative estimate of drug-likeness (QED) is 0.931. The van der Waals surface area contributed by atoms with Crippen molar-refractivity contribution < 1.29 is 13.9 Å². The Hall–Kier alpha value is -1.33. The summed E-state index contributed by atoms with van der Waals surface area (Å²) in [5.41, 5.74) is 0.0808. The fourth-order valence-electron chi connectivity index (χ4n) is 2.00. The summed E-state index contributed by atoms with van der Waals surface area (Å²) >= 11 is 5.71. The molecular weight excluding hydrogens is 295 g/mol. The van der Waals surface area contributed by atoms with Gasteiger partial charge in [-0.15, -0.1) is 0 Å². The topological polar surface area (TPSA) is 41.6 Å². The van der Waals surface area contributed by atoms with Gasteiger partial charge in [0, 0.05) is 36.3 Å². The molecule has 0 aliphatic carbocycles. The van der Waals surface area contributed by atoms with Crippen molar-refractivity contribution in [2.75, 3.05) is 13.1 Å². The molecule has 2 rings (SSSR count). The van der Waals surface area contributed by atoms with Crippen molar-refractivity contribution in [3.05, 3.63) is 34.6 Å². The Bertz CT molecular complexity index is 525. The van der Waals surface area contributed by atoms with Gasteiger partial charge in [-0.05, 0) is 32.9 Å². The van der Waals surface area contributed by atoms with E-state index >= 15 is 0 Å². The first kappa shape index (κ1) is 16.0. The summed E-state index contributed by atoms with van der Waals surface area (Å²) in [6.07, 6.45) is -0.307. The van der Waals surface area contributed by atoms with Gasteiger partial charge in [0.2, 0.25) is 0 Å². The second-order valence-electron chi connectivity index (χ2n) is 6.20. The van der Waals surface area contributed by atoms with Gasteiger partial charge in [0.1, 0.15) is 11.4 Å². The van der Waals surface area contributed by atoms with Crippen molar-refractivity contribution in [1.82, 2.24) is 10.2 Å². The Kier molecular flexibility index (Phi) is 4.74. The van der Waals surface area contributed by atoms with E-state index in [-0.39, 0.29) is 18.0 Å². The lowest BCUT2D eigenvalue weighted by Gasteiger charge is -2.40. The maximum absolute atomic E-state index is 13.6. The number of nitrogens with zero attached hydrogens (tertiary/aromatic N) is 1. The van der Waals surface area contributed by atoms with Crippen LogP contribution in [0, 0.1) is 5.82 Å². The number of hydrogen-bond donors (Lipinski definition) is 1. The van der Waals surface area contributed by atoms with Crippen molar-refractivity contribution >= 4 is 17.7 Å². The van der Waals surface area contributed by atoms with Crippen molar-refractivity contribution in [3.63, 3.8) is 0 Å². The van der Waals surface area contributed by atoms with Gasteiger partial charge in [-0.2, -0.15) is 0 Å². The second-order valence-corrected chi connectivity index (χ2v) is 6.64. The molecule has 0 spiro atoms. The largest absolute Gasteiger partial charge is 0.444 e. The van der Waals surface area contributed by atoms with Crippen LogP contribution in [0.4, 0.5) is 9.18 Å². The van der Waals surface area contributed by atoms with Crippen LogP contribution in [-0.2, 0) is 11.3 Å². The van der Waals surface area contributed by atoms with Crippen LogP contribution < -0.4 is 5.32 Å². The Balaban J connectivity index is 1.75. The van der Waals surface area contributed by atoms with Crippen LogP contribution >= 0.6 is 11.6 Å². The molecule has 1 heterocycles. The van der Waals surface area contributed by atoms with Gasteiger partial charge in [0.15, 0.2) is 0 Å². The van der Waals surface area contributed by atoms with Gasteiger partial charge in [-0.25, -0.2) is 9.18 Å². The summed E-state index contributed by atoms with van der Waals surface area (Å²) in [5, 5.41) is 3.60. The number of benzene rings is 1. The highest BCUT2D eigenvalue weighted by molar-refractivity contribution is 6.30. The lowest BCUT2D eigenvalue weighted by atomic mass is 10.1. The highest BCUT2D eigenvalue weighted by Gasteiger charge is 2.33. The number of carbonyl (C=O) groups is 1. The van der Waals surface area contributed by atoms with Crippen molar-refractivity contribution in [3.8, 4) is 0 Å². The van der Waals surface area contributed by atoms with Crippen molar-refractivity contribution in [2.24, 2.45) is 0 Å². The lowest BCUT2D eigenvalue weighted by Crippen LogP contribution is -2.60. The average Bonchev–Trinajstić information content (AvgIpc) is 2.27. The molecule has 1 aromatic carbocycles. The zero-order valence-electron chi connectivity index (χ0n) is 12.5. The zero-order valence-corrected chi connectivity index (χ0v) is 13.2. The number of hydrogen-bond acceptors (Lipinski definition) is 3. The highest BCUT2D eigenvalue weighted by Crippen LogP contribution is 2.17. The second kappa shape index (κ2) is 6.20.